The minimum atomic E-state index is 0.538. The molecule has 7 aromatic heterocycles. The van der Waals surface area contributed by atoms with Crippen molar-refractivity contribution in [2.75, 3.05) is 0 Å². The molecular formula is C55H32N10. The standard InChI is InChI=1S/C55H32N10/c1-5-14-47-35(10-1)36-11-2-6-15-48(36)63(47)53-18-9-19-54(62-53)64-49-16-7-3-12-37(49)39-30-40-38-13-4-8-17-50(38)65(52(40)32-51(39)64)55-60-43(33-20-22-41-45(28-33)58-26-24-56-41)31-44(61-55)34-21-23-42-46(29-34)59-27-25-57-42/h1-32H. The van der Waals surface area contributed by atoms with Gasteiger partial charge in [-0.2, -0.15) is 0 Å². The van der Waals surface area contributed by atoms with Crippen LogP contribution >= 0.6 is 0 Å². The fraction of sp³-hybridized carbons (Fsp3) is 0. The van der Waals surface area contributed by atoms with E-state index >= 15 is 0 Å². The first-order valence-electron chi connectivity index (χ1n) is 21.5. The fourth-order valence-electron chi connectivity index (χ4n) is 9.80. The number of fused-ring (bicyclic) bond motifs is 11. The van der Waals surface area contributed by atoms with Crippen LogP contribution in [0.25, 0.3) is 128 Å². The normalized spacial score (nSPS) is 12.0. The fourth-order valence-corrected chi connectivity index (χ4v) is 9.80. The van der Waals surface area contributed by atoms with E-state index in [1.165, 1.54) is 10.8 Å². The van der Waals surface area contributed by atoms with Crippen LogP contribution in [0.1, 0.15) is 0 Å². The van der Waals surface area contributed by atoms with Gasteiger partial charge in [0.15, 0.2) is 0 Å². The molecule has 0 amide bonds. The van der Waals surface area contributed by atoms with Gasteiger partial charge in [-0.1, -0.05) is 91.0 Å². The van der Waals surface area contributed by atoms with Crippen LogP contribution in [0.5, 0.6) is 0 Å². The zero-order valence-corrected chi connectivity index (χ0v) is 34.4. The van der Waals surface area contributed by atoms with Crippen molar-refractivity contribution in [2.24, 2.45) is 0 Å². The molecule has 7 heterocycles. The Kier molecular flexibility index (Phi) is 7.46. The molecule has 302 valence electrons. The lowest BCUT2D eigenvalue weighted by Crippen LogP contribution is -2.05. The molecule has 0 bridgehead atoms. The Morgan fingerprint density at radius 3 is 1.20 bits per heavy atom. The minimum Gasteiger partial charge on any atom is -0.294 e. The first-order chi connectivity index (χ1) is 32.2. The van der Waals surface area contributed by atoms with Crippen LogP contribution in [0.4, 0.5) is 0 Å². The second-order valence-corrected chi connectivity index (χ2v) is 16.3. The predicted molar refractivity (Wildman–Crippen MR) is 260 cm³/mol. The highest BCUT2D eigenvalue weighted by Crippen LogP contribution is 2.40. The van der Waals surface area contributed by atoms with Gasteiger partial charge in [0.2, 0.25) is 5.95 Å². The van der Waals surface area contributed by atoms with Gasteiger partial charge in [0.25, 0.3) is 0 Å². The van der Waals surface area contributed by atoms with Crippen LogP contribution in [0.3, 0.4) is 0 Å². The van der Waals surface area contributed by atoms with Crippen LogP contribution in [0.15, 0.2) is 195 Å². The molecule has 0 saturated heterocycles. The lowest BCUT2D eigenvalue weighted by molar-refractivity contribution is 0.994. The van der Waals surface area contributed by atoms with E-state index in [2.05, 4.69) is 161 Å². The number of hydrogen-bond acceptors (Lipinski definition) is 7. The maximum atomic E-state index is 5.47. The molecule has 0 unspecified atom stereocenters. The Labute approximate surface area is 369 Å². The molecular weight excluding hydrogens is 801 g/mol. The van der Waals surface area contributed by atoms with Gasteiger partial charge in [-0.15, -0.1) is 0 Å². The third-order valence-corrected chi connectivity index (χ3v) is 12.7. The average Bonchev–Trinajstić information content (AvgIpc) is 4.00. The van der Waals surface area contributed by atoms with E-state index in [0.29, 0.717) is 5.95 Å². The molecule has 0 saturated carbocycles. The first-order valence-corrected chi connectivity index (χ1v) is 21.5. The Morgan fingerprint density at radius 2 is 0.692 bits per heavy atom. The topological polar surface area (TPSA) is 105 Å². The van der Waals surface area contributed by atoms with Crippen molar-refractivity contribution in [1.82, 2.24) is 48.6 Å². The minimum absolute atomic E-state index is 0.538. The highest BCUT2D eigenvalue weighted by molar-refractivity contribution is 6.19. The summed E-state index contributed by atoms with van der Waals surface area (Å²) >= 11 is 0. The molecule has 0 spiro atoms. The lowest BCUT2D eigenvalue weighted by atomic mass is 10.1. The lowest BCUT2D eigenvalue weighted by Gasteiger charge is -2.13. The Balaban J connectivity index is 1.04. The highest BCUT2D eigenvalue weighted by Gasteiger charge is 2.22. The predicted octanol–water partition coefficient (Wildman–Crippen LogP) is 12.4. The SMILES string of the molecule is c1cc(-n2c3ccccc3c3ccccc32)nc(-n2c3ccccc3c3cc4c5ccccc5n(-c5nc(-c6ccc7nccnc7c6)cc(-c6ccc7nccnc7c6)n5)c4cc32)c1. The van der Waals surface area contributed by atoms with Gasteiger partial charge in [0, 0.05) is 68.2 Å². The highest BCUT2D eigenvalue weighted by atomic mass is 15.2. The van der Waals surface area contributed by atoms with Crippen LogP contribution in [-0.2, 0) is 0 Å². The number of aromatic nitrogens is 10. The van der Waals surface area contributed by atoms with Gasteiger partial charge >= 0.3 is 0 Å². The maximum absolute atomic E-state index is 5.47. The molecule has 65 heavy (non-hydrogen) atoms. The zero-order valence-electron chi connectivity index (χ0n) is 34.4. The van der Waals surface area contributed by atoms with Gasteiger partial charge in [-0.05, 0) is 78.9 Å². The van der Waals surface area contributed by atoms with Crippen molar-refractivity contribution in [3.8, 4) is 40.1 Å². The Hall–Kier alpha value is -9.15. The van der Waals surface area contributed by atoms with Gasteiger partial charge in [-0.25, -0.2) is 15.0 Å². The summed E-state index contributed by atoms with van der Waals surface area (Å²) in [7, 11) is 0. The quantitative estimate of drug-likeness (QED) is 0.170. The maximum Gasteiger partial charge on any atom is 0.235 e. The van der Waals surface area contributed by atoms with E-state index < -0.39 is 0 Å². The van der Waals surface area contributed by atoms with Crippen LogP contribution in [-0.4, -0.2) is 48.6 Å². The number of nitrogens with zero attached hydrogens (tertiary/aromatic N) is 10. The van der Waals surface area contributed by atoms with E-state index in [1.807, 2.05) is 42.5 Å². The number of para-hydroxylation sites is 4. The first kappa shape index (κ1) is 35.4. The number of hydrogen-bond donors (Lipinski definition) is 0. The van der Waals surface area contributed by atoms with Crippen molar-refractivity contribution in [3.63, 3.8) is 0 Å². The Morgan fingerprint density at radius 1 is 0.277 bits per heavy atom. The monoisotopic (exact) mass is 832 g/mol. The molecule has 0 aliphatic rings. The van der Waals surface area contributed by atoms with Gasteiger partial charge < -0.3 is 0 Å². The second kappa shape index (κ2) is 13.7. The van der Waals surface area contributed by atoms with Crippen LogP contribution in [0.2, 0.25) is 0 Å². The number of pyridine rings is 1. The summed E-state index contributed by atoms with van der Waals surface area (Å²) in [6.45, 7) is 0. The van der Waals surface area contributed by atoms with E-state index in [1.54, 1.807) is 24.8 Å². The summed E-state index contributed by atoms with van der Waals surface area (Å²) in [5.74, 6) is 2.20. The van der Waals surface area contributed by atoms with Crippen molar-refractivity contribution < 1.29 is 0 Å². The average molecular weight is 833 g/mol. The van der Waals surface area contributed by atoms with Crippen molar-refractivity contribution in [3.05, 3.63) is 195 Å². The number of benzene rings is 7. The number of rotatable bonds is 5. The largest absolute Gasteiger partial charge is 0.294 e. The summed E-state index contributed by atoms with van der Waals surface area (Å²) in [6.07, 6.45) is 6.85. The molecule has 10 heteroatoms. The summed E-state index contributed by atoms with van der Waals surface area (Å²) in [5.41, 5.74) is 12.8. The van der Waals surface area contributed by atoms with E-state index in [4.69, 9.17) is 15.0 Å². The van der Waals surface area contributed by atoms with Crippen molar-refractivity contribution >= 4 is 87.5 Å². The van der Waals surface area contributed by atoms with Gasteiger partial charge in [-0.3, -0.25) is 33.6 Å². The smallest absolute Gasteiger partial charge is 0.235 e. The van der Waals surface area contributed by atoms with Gasteiger partial charge in [0.05, 0.1) is 66.6 Å². The molecule has 0 fully saturated rings. The molecule has 0 N–H and O–H groups in total. The van der Waals surface area contributed by atoms with Crippen LogP contribution < -0.4 is 0 Å². The van der Waals surface area contributed by atoms with E-state index in [-0.39, 0.29) is 0 Å². The zero-order chi connectivity index (χ0) is 42.6. The molecule has 14 aromatic rings. The third-order valence-electron chi connectivity index (χ3n) is 12.7. The van der Waals surface area contributed by atoms with E-state index in [0.717, 1.165) is 111 Å². The molecule has 10 nitrogen and oxygen atoms in total. The van der Waals surface area contributed by atoms with Gasteiger partial charge in [0.1, 0.15) is 11.6 Å². The van der Waals surface area contributed by atoms with Crippen molar-refractivity contribution in [2.45, 2.75) is 0 Å². The summed E-state index contributed by atoms with van der Waals surface area (Å²) in [4.78, 5) is 34.6. The molecule has 14 rings (SSSR count). The Bertz CT molecular complexity index is 4120. The molecule has 7 aromatic carbocycles. The molecule has 0 atom stereocenters. The van der Waals surface area contributed by atoms with Crippen LogP contribution in [0, 0.1) is 0 Å². The molecule has 0 radical (unpaired) electrons. The summed E-state index contributed by atoms with van der Waals surface area (Å²) in [5, 5.41) is 6.86. The van der Waals surface area contributed by atoms with E-state index in [9.17, 15) is 0 Å². The third kappa shape index (κ3) is 5.37. The summed E-state index contributed by atoms with van der Waals surface area (Å²) in [6, 6.07) is 59.3. The van der Waals surface area contributed by atoms with Crippen molar-refractivity contribution in [1.29, 1.82) is 0 Å². The molecule has 0 aliphatic heterocycles. The molecule has 0 aliphatic carbocycles. The second-order valence-electron chi connectivity index (χ2n) is 16.3. The summed E-state index contributed by atoms with van der Waals surface area (Å²) < 4.78 is 6.76.